The molecule has 106 valence electrons. The van der Waals surface area contributed by atoms with Gasteiger partial charge in [0.1, 0.15) is 17.2 Å². The second-order valence-electron chi connectivity index (χ2n) is 4.39. The molecule has 0 unspecified atom stereocenters. The minimum absolute atomic E-state index is 0.699. The van der Waals surface area contributed by atoms with Crippen LogP contribution in [-0.4, -0.2) is 20.3 Å². The predicted octanol–water partition coefficient (Wildman–Crippen LogP) is 3.93. The maximum Gasteiger partial charge on any atom is 0.119 e. The van der Waals surface area contributed by atoms with Gasteiger partial charge in [-0.15, -0.1) is 0 Å². The number of ether oxygens (including phenoxy) is 3. The molecule has 0 bridgehead atoms. The minimum atomic E-state index is 0.699. The van der Waals surface area contributed by atoms with Crippen LogP contribution in [0.5, 0.6) is 17.2 Å². The summed E-state index contributed by atoms with van der Waals surface area (Å²) in [4.78, 5) is 0. The smallest absolute Gasteiger partial charge is 0.119 e. The maximum atomic E-state index is 5.65. The highest BCUT2D eigenvalue weighted by Gasteiger charge is 1.96. The standard InChI is InChI=1S/C17H20O3/c1-18-15-9-11-17(12-10-15)20-14-6-5-13-19-16-7-3-2-4-8-16/h2-4,7-12H,5-6,13-14H2,1H3. The lowest BCUT2D eigenvalue weighted by Crippen LogP contribution is -2.02. The summed E-state index contributed by atoms with van der Waals surface area (Å²) in [5.41, 5.74) is 0. The molecule has 3 heteroatoms. The van der Waals surface area contributed by atoms with Crippen molar-refractivity contribution in [2.24, 2.45) is 0 Å². The van der Waals surface area contributed by atoms with E-state index in [-0.39, 0.29) is 0 Å². The Balaban J connectivity index is 1.57. The van der Waals surface area contributed by atoms with Crippen LogP contribution < -0.4 is 14.2 Å². The first-order valence-corrected chi connectivity index (χ1v) is 6.83. The predicted molar refractivity (Wildman–Crippen MR) is 79.7 cm³/mol. The second kappa shape index (κ2) is 8.10. The summed E-state index contributed by atoms with van der Waals surface area (Å²) in [6, 6.07) is 17.5. The van der Waals surface area contributed by atoms with Gasteiger partial charge in [-0.05, 0) is 49.2 Å². The minimum Gasteiger partial charge on any atom is -0.497 e. The van der Waals surface area contributed by atoms with Crippen molar-refractivity contribution in [1.82, 2.24) is 0 Å². The van der Waals surface area contributed by atoms with Crippen LogP contribution in [0, 0.1) is 0 Å². The van der Waals surface area contributed by atoms with Crippen molar-refractivity contribution in [3.05, 3.63) is 54.6 Å². The van der Waals surface area contributed by atoms with Crippen molar-refractivity contribution >= 4 is 0 Å². The molecule has 0 aliphatic heterocycles. The van der Waals surface area contributed by atoms with Gasteiger partial charge in [-0.1, -0.05) is 18.2 Å². The highest BCUT2D eigenvalue weighted by molar-refractivity contribution is 5.31. The number of unbranched alkanes of at least 4 members (excludes halogenated alkanes) is 1. The SMILES string of the molecule is COc1ccc(OCCCCOc2ccccc2)cc1. The number of methoxy groups -OCH3 is 1. The summed E-state index contributed by atoms with van der Waals surface area (Å²) >= 11 is 0. The van der Waals surface area contributed by atoms with Crippen LogP contribution in [-0.2, 0) is 0 Å². The molecular weight excluding hydrogens is 252 g/mol. The van der Waals surface area contributed by atoms with E-state index >= 15 is 0 Å². The van der Waals surface area contributed by atoms with E-state index in [0.29, 0.717) is 6.61 Å². The van der Waals surface area contributed by atoms with Crippen molar-refractivity contribution in [2.45, 2.75) is 12.8 Å². The van der Waals surface area contributed by atoms with E-state index in [1.165, 1.54) is 0 Å². The maximum absolute atomic E-state index is 5.65. The van der Waals surface area contributed by atoms with Gasteiger partial charge in [-0.2, -0.15) is 0 Å². The molecule has 20 heavy (non-hydrogen) atoms. The van der Waals surface area contributed by atoms with Crippen LogP contribution in [0.15, 0.2) is 54.6 Å². The van der Waals surface area contributed by atoms with Crippen LogP contribution in [0.3, 0.4) is 0 Å². The Morgan fingerprint density at radius 3 is 1.70 bits per heavy atom. The van der Waals surface area contributed by atoms with E-state index < -0.39 is 0 Å². The quantitative estimate of drug-likeness (QED) is 0.681. The van der Waals surface area contributed by atoms with E-state index in [9.17, 15) is 0 Å². The summed E-state index contributed by atoms with van der Waals surface area (Å²) < 4.78 is 16.4. The van der Waals surface area contributed by atoms with Crippen LogP contribution in [0.25, 0.3) is 0 Å². The molecule has 0 aliphatic carbocycles. The molecule has 0 saturated carbocycles. The average Bonchev–Trinajstić information content (AvgIpc) is 2.52. The van der Waals surface area contributed by atoms with Crippen LogP contribution >= 0.6 is 0 Å². The lowest BCUT2D eigenvalue weighted by atomic mass is 10.3. The van der Waals surface area contributed by atoms with Gasteiger partial charge in [0.15, 0.2) is 0 Å². The highest BCUT2D eigenvalue weighted by Crippen LogP contribution is 2.17. The van der Waals surface area contributed by atoms with Crippen molar-refractivity contribution in [1.29, 1.82) is 0 Å². The van der Waals surface area contributed by atoms with Crippen LogP contribution in [0.1, 0.15) is 12.8 Å². The topological polar surface area (TPSA) is 27.7 Å². The average molecular weight is 272 g/mol. The van der Waals surface area contributed by atoms with Crippen LogP contribution in [0.4, 0.5) is 0 Å². The fourth-order valence-corrected chi connectivity index (χ4v) is 1.77. The number of benzene rings is 2. The molecule has 2 aromatic carbocycles. The second-order valence-corrected chi connectivity index (χ2v) is 4.39. The number of hydrogen-bond acceptors (Lipinski definition) is 3. The molecule has 0 heterocycles. The number of para-hydroxylation sites is 1. The summed E-state index contributed by atoms with van der Waals surface area (Å²) in [7, 11) is 1.66. The summed E-state index contributed by atoms with van der Waals surface area (Å²) in [5.74, 6) is 2.63. The number of rotatable bonds is 8. The van der Waals surface area contributed by atoms with Crippen molar-refractivity contribution < 1.29 is 14.2 Å². The van der Waals surface area contributed by atoms with E-state index in [1.54, 1.807) is 7.11 Å². The molecule has 0 radical (unpaired) electrons. The zero-order valence-electron chi connectivity index (χ0n) is 11.7. The van der Waals surface area contributed by atoms with Gasteiger partial charge in [0.25, 0.3) is 0 Å². The van der Waals surface area contributed by atoms with Gasteiger partial charge in [0.2, 0.25) is 0 Å². The molecule has 2 rings (SSSR count). The molecule has 0 saturated heterocycles. The van der Waals surface area contributed by atoms with Crippen LogP contribution in [0.2, 0.25) is 0 Å². The number of hydrogen-bond donors (Lipinski definition) is 0. The summed E-state index contributed by atoms with van der Waals surface area (Å²) in [5, 5.41) is 0. The highest BCUT2D eigenvalue weighted by atomic mass is 16.5. The third-order valence-corrected chi connectivity index (χ3v) is 2.88. The van der Waals surface area contributed by atoms with Gasteiger partial charge in [-0.25, -0.2) is 0 Å². The van der Waals surface area contributed by atoms with E-state index in [1.807, 2.05) is 54.6 Å². The first-order chi connectivity index (χ1) is 9.88. The summed E-state index contributed by atoms with van der Waals surface area (Å²) in [6.45, 7) is 1.42. The molecule has 2 aromatic rings. The van der Waals surface area contributed by atoms with E-state index in [0.717, 1.165) is 36.7 Å². The van der Waals surface area contributed by atoms with E-state index in [2.05, 4.69) is 0 Å². The third-order valence-electron chi connectivity index (χ3n) is 2.88. The molecule has 0 N–H and O–H groups in total. The Morgan fingerprint density at radius 1 is 0.650 bits per heavy atom. The van der Waals surface area contributed by atoms with Crippen molar-refractivity contribution in [3.8, 4) is 17.2 Å². The fraction of sp³-hybridized carbons (Fsp3) is 0.294. The largest absolute Gasteiger partial charge is 0.497 e. The summed E-state index contributed by atoms with van der Waals surface area (Å²) in [6.07, 6.45) is 1.95. The molecule has 0 aliphatic rings. The Hall–Kier alpha value is -2.16. The first kappa shape index (κ1) is 14.3. The normalized spacial score (nSPS) is 10.1. The van der Waals surface area contributed by atoms with Gasteiger partial charge < -0.3 is 14.2 Å². The molecule has 0 fully saturated rings. The molecule has 0 amide bonds. The van der Waals surface area contributed by atoms with Gasteiger partial charge in [0.05, 0.1) is 20.3 Å². The molecule has 3 nitrogen and oxygen atoms in total. The van der Waals surface area contributed by atoms with Crippen molar-refractivity contribution in [3.63, 3.8) is 0 Å². The van der Waals surface area contributed by atoms with Gasteiger partial charge in [0, 0.05) is 0 Å². The first-order valence-electron chi connectivity index (χ1n) is 6.83. The Morgan fingerprint density at radius 2 is 1.15 bits per heavy atom. The van der Waals surface area contributed by atoms with E-state index in [4.69, 9.17) is 14.2 Å². The molecular formula is C17H20O3. The fourth-order valence-electron chi connectivity index (χ4n) is 1.77. The lowest BCUT2D eigenvalue weighted by molar-refractivity contribution is 0.266. The molecule has 0 atom stereocenters. The van der Waals surface area contributed by atoms with Crippen molar-refractivity contribution in [2.75, 3.05) is 20.3 Å². The Kier molecular flexibility index (Phi) is 5.77. The Labute approximate surface area is 120 Å². The monoisotopic (exact) mass is 272 g/mol. The zero-order valence-corrected chi connectivity index (χ0v) is 11.7. The van der Waals surface area contributed by atoms with Gasteiger partial charge in [-0.3, -0.25) is 0 Å². The third kappa shape index (κ3) is 4.84. The molecule has 0 spiro atoms. The lowest BCUT2D eigenvalue weighted by Gasteiger charge is -2.08. The van der Waals surface area contributed by atoms with Gasteiger partial charge >= 0.3 is 0 Å². The molecule has 0 aromatic heterocycles. The Bertz CT molecular complexity index is 479. The zero-order chi connectivity index (χ0) is 14.0.